The van der Waals surface area contributed by atoms with Gasteiger partial charge in [0.25, 0.3) is 5.91 Å². The van der Waals surface area contributed by atoms with Crippen molar-refractivity contribution in [3.63, 3.8) is 0 Å². The van der Waals surface area contributed by atoms with Crippen LogP contribution in [0.1, 0.15) is 21.5 Å². The quantitative estimate of drug-likeness (QED) is 0.502. The first-order chi connectivity index (χ1) is 13.1. The molecule has 0 atom stereocenters. The number of amides is 1. The van der Waals surface area contributed by atoms with Crippen LogP contribution >= 0.6 is 0 Å². The summed E-state index contributed by atoms with van der Waals surface area (Å²) in [7, 11) is 2.00. The topological polar surface area (TPSA) is 34.0 Å². The van der Waals surface area contributed by atoms with Gasteiger partial charge in [-0.15, -0.1) is 0 Å². The normalized spacial score (nSPS) is 10.9. The van der Waals surface area contributed by atoms with Crippen molar-refractivity contribution in [3.8, 4) is 11.1 Å². The van der Waals surface area contributed by atoms with Crippen molar-refractivity contribution in [2.75, 3.05) is 5.32 Å². The number of aromatic nitrogens is 1. The monoisotopic (exact) mass is 354 g/mol. The van der Waals surface area contributed by atoms with Crippen molar-refractivity contribution in [1.29, 1.82) is 0 Å². The summed E-state index contributed by atoms with van der Waals surface area (Å²) >= 11 is 0. The van der Waals surface area contributed by atoms with E-state index in [1.54, 1.807) is 0 Å². The van der Waals surface area contributed by atoms with Crippen molar-refractivity contribution < 1.29 is 4.79 Å². The maximum atomic E-state index is 12.8. The summed E-state index contributed by atoms with van der Waals surface area (Å²) in [5.41, 5.74) is 6.37. The molecule has 134 valence electrons. The van der Waals surface area contributed by atoms with Crippen LogP contribution in [0.2, 0.25) is 0 Å². The summed E-state index contributed by atoms with van der Waals surface area (Å²) in [5.74, 6) is 0.713. The van der Waals surface area contributed by atoms with Crippen molar-refractivity contribution in [2.24, 2.45) is 7.05 Å². The summed E-state index contributed by atoms with van der Waals surface area (Å²) in [6.07, 6.45) is 0. The molecule has 0 spiro atoms. The summed E-state index contributed by atoms with van der Waals surface area (Å²) in [4.78, 5) is 12.8. The van der Waals surface area contributed by atoms with Gasteiger partial charge in [0.2, 0.25) is 0 Å². The molecule has 0 saturated carbocycles. The Bertz CT molecular complexity index is 1140. The molecule has 0 saturated heterocycles. The average molecular weight is 354 g/mol. The molecule has 4 aromatic rings. The minimum absolute atomic E-state index is 0.104. The molecule has 1 amide bonds. The van der Waals surface area contributed by atoms with Gasteiger partial charge >= 0.3 is 0 Å². The molecule has 3 heteroatoms. The van der Waals surface area contributed by atoms with Crippen LogP contribution < -0.4 is 5.32 Å². The largest absolute Gasteiger partial charge is 0.330 e. The molecule has 3 aromatic carbocycles. The number of hydrogen-bond donors (Lipinski definition) is 1. The molecular weight excluding hydrogens is 332 g/mol. The van der Waals surface area contributed by atoms with E-state index in [0.717, 1.165) is 27.8 Å². The zero-order valence-electron chi connectivity index (χ0n) is 15.8. The summed E-state index contributed by atoms with van der Waals surface area (Å²) in [5, 5.41) is 4.28. The molecule has 27 heavy (non-hydrogen) atoms. The zero-order valence-corrected chi connectivity index (χ0v) is 15.8. The Morgan fingerprint density at radius 1 is 0.889 bits per heavy atom. The van der Waals surface area contributed by atoms with Crippen molar-refractivity contribution in [3.05, 3.63) is 89.5 Å². The maximum Gasteiger partial charge on any atom is 0.256 e. The Kier molecular flexibility index (Phi) is 4.28. The number of carbonyl (C=O) groups excluding carboxylic acids is 1. The van der Waals surface area contributed by atoms with Crippen LogP contribution in [0.5, 0.6) is 0 Å². The third-order valence-electron chi connectivity index (χ3n) is 5.03. The second-order valence-electron chi connectivity index (χ2n) is 6.94. The molecule has 0 bridgehead atoms. The Morgan fingerprint density at radius 2 is 1.59 bits per heavy atom. The SMILES string of the molecule is Cc1ccc(-c2c(NC(=O)c3ccccc3)n(C)c3ccccc23)c(C)c1. The first-order valence-electron chi connectivity index (χ1n) is 9.07. The molecule has 0 aliphatic heterocycles. The van der Waals surface area contributed by atoms with Gasteiger partial charge in [-0.1, -0.05) is 60.2 Å². The molecule has 4 rings (SSSR count). The molecule has 0 radical (unpaired) electrons. The first-order valence-corrected chi connectivity index (χ1v) is 9.07. The number of nitrogens with one attached hydrogen (secondary N) is 1. The van der Waals surface area contributed by atoms with Crippen LogP contribution in [-0.2, 0) is 7.05 Å². The van der Waals surface area contributed by atoms with Crippen LogP contribution in [0.4, 0.5) is 5.82 Å². The summed E-state index contributed by atoms with van der Waals surface area (Å²) in [6, 6.07) is 24.0. The van der Waals surface area contributed by atoms with Crippen molar-refractivity contribution in [1.82, 2.24) is 4.57 Å². The third-order valence-corrected chi connectivity index (χ3v) is 5.03. The van der Waals surface area contributed by atoms with E-state index in [9.17, 15) is 4.79 Å². The molecule has 0 aliphatic carbocycles. The van der Waals surface area contributed by atoms with E-state index in [4.69, 9.17) is 0 Å². The van der Waals surface area contributed by atoms with E-state index < -0.39 is 0 Å². The summed E-state index contributed by atoms with van der Waals surface area (Å²) in [6.45, 7) is 4.21. The smallest absolute Gasteiger partial charge is 0.256 e. The number of benzene rings is 3. The summed E-state index contributed by atoms with van der Waals surface area (Å²) < 4.78 is 2.06. The van der Waals surface area contributed by atoms with Crippen molar-refractivity contribution >= 4 is 22.6 Å². The van der Waals surface area contributed by atoms with E-state index in [-0.39, 0.29) is 5.91 Å². The van der Waals surface area contributed by atoms with Gasteiger partial charge in [-0.25, -0.2) is 0 Å². The number of hydrogen-bond acceptors (Lipinski definition) is 1. The van der Waals surface area contributed by atoms with E-state index >= 15 is 0 Å². The predicted octanol–water partition coefficient (Wildman–Crippen LogP) is 5.71. The minimum atomic E-state index is -0.104. The molecule has 0 unspecified atom stereocenters. The zero-order chi connectivity index (χ0) is 19.0. The third kappa shape index (κ3) is 3.02. The van der Waals surface area contributed by atoms with Crippen LogP contribution in [-0.4, -0.2) is 10.5 Å². The van der Waals surface area contributed by atoms with E-state index in [1.807, 2.05) is 49.5 Å². The highest BCUT2D eigenvalue weighted by Crippen LogP contribution is 2.39. The van der Waals surface area contributed by atoms with Crippen LogP contribution in [0.15, 0.2) is 72.8 Å². The Labute approximate surface area is 159 Å². The van der Waals surface area contributed by atoms with Gasteiger partial charge in [-0.3, -0.25) is 4.79 Å². The number of fused-ring (bicyclic) bond motifs is 1. The Hall–Kier alpha value is -3.33. The van der Waals surface area contributed by atoms with E-state index in [1.165, 1.54) is 11.1 Å². The Morgan fingerprint density at radius 3 is 2.33 bits per heavy atom. The van der Waals surface area contributed by atoms with Crippen LogP contribution in [0.3, 0.4) is 0 Å². The number of rotatable bonds is 3. The molecule has 1 aromatic heterocycles. The fourth-order valence-electron chi connectivity index (χ4n) is 3.68. The first kappa shape index (κ1) is 17.1. The molecular formula is C24H22N2O. The van der Waals surface area contributed by atoms with Gasteiger partial charge in [0, 0.05) is 23.6 Å². The van der Waals surface area contributed by atoms with Gasteiger partial charge in [-0.05, 0) is 43.2 Å². The van der Waals surface area contributed by atoms with Crippen molar-refractivity contribution in [2.45, 2.75) is 13.8 Å². The lowest BCUT2D eigenvalue weighted by atomic mass is 9.97. The number of carbonyl (C=O) groups is 1. The average Bonchev–Trinajstić information content (AvgIpc) is 2.95. The van der Waals surface area contributed by atoms with Crippen LogP contribution in [0, 0.1) is 13.8 Å². The molecule has 0 fully saturated rings. The number of nitrogens with zero attached hydrogens (tertiary/aromatic N) is 1. The lowest BCUT2D eigenvalue weighted by Gasteiger charge is -2.12. The van der Waals surface area contributed by atoms with Gasteiger partial charge < -0.3 is 9.88 Å². The fraction of sp³-hybridized carbons (Fsp3) is 0.125. The Balaban J connectivity index is 1.92. The second-order valence-corrected chi connectivity index (χ2v) is 6.94. The molecule has 0 aliphatic rings. The van der Waals surface area contributed by atoms with Crippen LogP contribution in [0.25, 0.3) is 22.0 Å². The molecule has 3 nitrogen and oxygen atoms in total. The fourth-order valence-corrected chi connectivity index (χ4v) is 3.68. The standard InChI is InChI=1S/C24H22N2O/c1-16-13-14-19(17(2)15-16)22-20-11-7-8-12-21(20)26(3)23(22)25-24(27)18-9-5-4-6-10-18/h4-15H,1-3H3,(H,25,27). The minimum Gasteiger partial charge on any atom is -0.330 e. The van der Waals surface area contributed by atoms with Gasteiger partial charge in [-0.2, -0.15) is 0 Å². The lowest BCUT2D eigenvalue weighted by Crippen LogP contribution is -2.14. The van der Waals surface area contributed by atoms with Gasteiger partial charge in [0.1, 0.15) is 5.82 Å². The molecule has 1 heterocycles. The highest BCUT2D eigenvalue weighted by molar-refractivity contribution is 6.11. The van der Waals surface area contributed by atoms with Gasteiger partial charge in [0.15, 0.2) is 0 Å². The molecule has 1 N–H and O–H groups in total. The highest BCUT2D eigenvalue weighted by Gasteiger charge is 2.20. The number of anilines is 1. The number of para-hydroxylation sites is 1. The van der Waals surface area contributed by atoms with Gasteiger partial charge in [0.05, 0.1) is 5.52 Å². The van der Waals surface area contributed by atoms with E-state index in [0.29, 0.717) is 5.56 Å². The lowest BCUT2D eigenvalue weighted by molar-refractivity contribution is 0.102. The highest BCUT2D eigenvalue weighted by atomic mass is 16.1. The predicted molar refractivity (Wildman–Crippen MR) is 112 cm³/mol. The number of aryl methyl sites for hydroxylation is 3. The maximum absolute atomic E-state index is 12.8. The second kappa shape index (κ2) is 6.76. The van der Waals surface area contributed by atoms with E-state index in [2.05, 4.69) is 54.1 Å².